The van der Waals surface area contributed by atoms with E-state index in [0.29, 0.717) is 45.7 Å². The van der Waals surface area contributed by atoms with Crippen LogP contribution < -0.4 is 5.73 Å². The van der Waals surface area contributed by atoms with Crippen LogP contribution in [0.4, 0.5) is 8.78 Å². The second kappa shape index (κ2) is 8.73. The van der Waals surface area contributed by atoms with E-state index < -0.39 is 11.7 Å². The van der Waals surface area contributed by atoms with Crippen LogP contribution in [0.15, 0.2) is 47.0 Å². The fourth-order valence-corrected chi connectivity index (χ4v) is 5.02. The lowest BCUT2D eigenvalue weighted by Gasteiger charge is -2.26. The molecule has 0 aliphatic carbocycles. The number of amides is 1. The van der Waals surface area contributed by atoms with E-state index in [1.807, 2.05) is 19.9 Å². The molecule has 2 N–H and O–H groups in total. The van der Waals surface area contributed by atoms with Crippen molar-refractivity contribution in [2.75, 3.05) is 13.2 Å². The highest BCUT2D eigenvalue weighted by molar-refractivity contribution is 7.18. The van der Waals surface area contributed by atoms with Gasteiger partial charge >= 0.3 is 0 Å². The summed E-state index contributed by atoms with van der Waals surface area (Å²) >= 11 is 1.14. The number of nitrogens with two attached hydrogens (primary N) is 1. The lowest BCUT2D eigenvalue weighted by Crippen LogP contribution is -2.25. The number of primary amides is 1. The van der Waals surface area contributed by atoms with Gasteiger partial charge in [0.05, 0.1) is 29.3 Å². The third kappa shape index (κ3) is 3.91. The first kappa shape index (κ1) is 22.4. The van der Waals surface area contributed by atoms with E-state index >= 15 is 4.39 Å². The Morgan fingerprint density at radius 1 is 1.15 bits per heavy atom. The molecule has 0 spiro atoms. The highest BCUT2D eigenvalue weighted by atomic mass is 32.1. The number of aromatic nitrogens is 2. The van der Waals surface area contributed by atoms with Crippen LogP contribution in [0, 0.1) is 11.6 Å². The molecule has 1 fully saturated rings. The second-order valence-corrected chi connectivity index (χ2v) is 9.47. The van der Waals surface area contributed by atoms with Crippen LogP contribution in [0.3, 0.4) is 0 Å². The quantitative estimate of drug-likeness (QED) is 0.379. The lowest BCUT2D eigenvalue weighted by atomic mass is 9.96. The molecule has 1 aliphatic heterocycles. The lowest BCUT2D eigenvalue weighted by molar-refractivity contribution is 0.00833. The van der Waals surface area contributed by atoms with Crippen LogP contribution >= 0.6 is 11.3 Å². The van der Waals surface area contributed by atoms with Gasteiger partial charge in [0.1, 0.15) is 22.3 Å². The molecule has 0 saturated carbocycles. The molecule has 6 nitrogen and oxygen atoms in total. The molecule has 2 aromatic carbocycles. The number of carbonyl (C=O) groups is 1. The van der Waals surface area contributed by atoms with E-state index in [1.54, 1.807) is 18.2 Å². The smallest absolute Gasteiger partial charge is 0.268 e. The van der Waals surface area contributed by atoms with Gasteiger partial charge in [-0.15, -0.1) is 11.3 Å². The molecule has 0 atom stereocenters. The molecule has 34 heavy (non-hydrogen) atoms. The molecule has 1 amide bonds. The summed E-state index contributed by atoms with van der Waals surface area (Å²) in [7, 11) is 0. The number of halogens is 2. The molecule has 0 unspecified atom stereocenters. The standard InChI is InChI=1S/C25H21F2N3O3S/c1-12(2)20-19(22(33-30-20)13-3-6-16(26)7-4-13)25-29-21(24(28)31)23(34-25)17-8-5-14(9-18(17)27)15-10-32-11-15/h3-9,12,15H,10-11H2,1-2H3,(H2,28,31). The summed E-state index contributed by atoms with van der Waals surface area (Å²) in [5.41, 5.74) is 8.48. The van der Waals surface area contributed by atoms with E-state index in [1.165, 1.54) is 18.2 Å². The summed E-state index contributed by atoms with van der Waals surface area (Å²) in [6.45, 7) is 5.02. The Kier molecular flexibility index (Phi) is 5.75. The number of ether oxygens (including phenoxy) is 1. The van der Waals surface area contributed by atoms with Crippen LogP contribution in [0.5, 0.6) is 0 Å². The van der Waals surface area contributed by atoms with E-state index in [9.17, 15) is 9.18 Å². The highest BCUT2D eigenvalue weighted by Gasteiger charge is 2.29. The molecular formula is C25H21F2N3O3S. The van der Waals surface area contributed by atoms with Crippen molar-refractivity contribution >= 4 is 17.2 Å². The van der Waals surface area contributed by atoms with Crippen molar-refractivity contribution in [3.63, 3.8) is 0 Å². The Balaban J connectivity index is 1.65. The minimum absolute atomic E-state index is 0.0282. The van der Waals surface area contributed by atoms with Crippen molar-refractivity contribution in [2.24, 2.45) is 5.73 Å². The zero-order chi connectivity index (χ0) is 24.0. The molecule has 1 aliphatic rings. The van der Waals surface area contributed by atoms with Crippen LogP contribution in [0.1, 0.15) is 47.4 Å². The van der Waals surface area contributed by atoms with E-state index in [2.05, 4.69) is 10.1 Å². The highest BCUT2D eigenvalue weighted by Crippen LogP contribution is 2.44. The molecule has 0 radical (unpaired) electrons. The Hall–Kier alpha value is -3.43. The van der Waals surface area contributed by atoms with Crippen molar-refractivity contribution in [1.82, 2.24) is 10.1 Å². The van der Waals surface area contributed by atoms with E-state index in [0.717, 1.165) is 16.9 Å². The monoisotopic (exact) mass is 481 g/mol. The van der Waals surface area contributed by atoms with Gasteiger partial charge < -0.3 is 15.0 Å². The predicted molar refractivity (Wildman–Crippen MR) is 125 cm³/mol. The second-order valence-electron chi connectivity index (χ2n) is 8.47. The largest absolute Gasteiger partial charge is 0.380 e. The molecular weight excluding hydrogens is 460 g/mol. The number of carbonyl (C=O) groups excluding carboxylic acids is 1. The maximum absolute atomic E-state index is 15.2. The number of hydrogen-bond acceptors (Lipinski definition) is 6. The molecule has 5 rings (SSSR count). The Labute approximate surface area is 198 Å². The summed E-state index contributed by atoms with van der Waals surface area (Å²) in [5, 5.41) is 4.63. The number of thiazole rings is 1. The average molecular weight is 482 g/mol. The van der Waals surface area contributed by atoms with E-state index in [4.69, 9.17) is 15.0 Å². The first-order chi connectivity index (χ1) is 16.3. The Bertz CT molecular complexity index is 1370. The average Bonchev–Trinajstić information content (AvgIpc) is 3.38. The molecule has 9 heteroatoms. The third-order valence-corrected chi connectivity index (χ3v) is 6.90. The van der Waals surface area contributed by atoms with Crippen LogP contribution in [0.25, 0.3) is 32.3 Å². The first-order valence-corrected chi connectivity index (χ1v) is 11.6. The summed E-state index contributed by atoms with van der Waals surface area (Å²) in [4.78, 5) is 17.1. The molecule has 1 saturated heterocycles. The fourth-order valence-electron chi connectivity index (χ4n) is 3.88. The van der Waals surface area contributed by atoms with Crippen LogP contribution in [-0.4, -0.2) is 29.3 Å². The summed E-state index contributed by atoms with van der Waals surface area (Å²) in [6, 6.07) is 10.7. The number of rotatable bonds is 6. The molecule has 2 aromatic heterocycles. The van der Waals surface area contributed by atoms with Gasteiger partial charge in [0, 0.05) is 17.0 Å². The Morgan fingerprint density at radius 3 is 2.47 bits per heavy atom. The fraction of sp³-hybridized carbons (Fsp3) is 0.240. The maximum Gasteiger partial charge on any atom is 0.268 e. The van der Waals surface area contributed by atoms with Gasteiger partial charge in [0.2, 0.25) is 0 Å². The van der Waals surface area contributed by atoms with Gasteiger partial charge in [-0.2, -0.15) is 0 Å². The first-order valence-electron chi connectivity index (χ1n) is 10.8. The van der Waals surface area contributed by atoms with Gasteiger partial charge in [-0.25, -0.2) is 13.8 Å². The van der Waals surface area contributed by atoms with Gasteiger partial charge in [0.15, 0.2) is 5.76 Å². The van der Waals surface area contributed by atoms with Gasteiger partial charge in [-0.1, -0.05) is 31.1 Å². The van der Waals surface area contributed by atoms with Gasteiger partial charge in [-0.05, 0) is 41.8 Å². The van der Waals surface area contributed by atoms with Gasteiger partial charge in [-0.3, -0.25) is 4.79 Å². The van der Waals surface area contributed by atoms with Crippen molar-refractivity contribution in [3.05, 3.63) is 71.1 Å². The minimum Gasteiger partial charge on any atom is -0.380 e. The zero-order valence-corrected chi connectivity index (χ0v) is 19.3. The van der Waals surface area contributed by atoms with Gasteiger partial charge in [0.25, 0.3) is 5.91 Å². The molecule has 174 valence electrons. The molecule has 4 aromatic rings. The van der Waals surface area contributed by atoms with Crippen molar-refractivity contribution < 1.29 is 22.8 Å². The summed E-state index contributed by atoms with van der Waals surface area (Å²) in [6.07, 6.45) is 0. The topological polar surface area (TPSA) is 91.2 Å². The summed E-state index contributed by atoms with van der Waals surface area (Å²) in [5.74, 6) is -1.08. The van der Waals surface area contributed by atoms with Crippen molar-refractivity contribution in [3.8, 4) is 32.3 Å². The summed E-state index contributed by atoms with van der Waals surface area (Å²) < 4.78 is 39.5. The Morgan fingerprint density at radius 2 is 1.88 bits per heavy atom. The minimum atomic E-state index is -0.765. The number of benzene rings is 2. The maximum atomic E-state index is 15.2. The van der Waals surface area contributed by atoms with Crippen LogP contribution in [0.2, 0.25) is 0 Å². The zero-order valence-electron chi connectivity index (χ0n) is 18.5. The normalized spacial score (nSPS) is 13.9. The van der Waals surface area contributed by atoms with Crippen LogP contribution in [-0.2, 0) is 4.74 Å². The SMILES string of the molecule is CC(C)c1noc(-c2ccc(F)cc2)c1-c1nc(C(N)=O)c(-c2ccc(C3COC3)cc2F)s1. The number of nitrogens with zero attached hydrogens (tertiary/aromatic N) is 2. The molecule has 0 bridgehead atoms. The third-order valence-electron chi connectivity index (χ3n) is 5.79. The van der Waals surface area contributed by atoms with E-state index in [-0.39, 0.29) is 28.9 Å². The predicted octanol–water partition coefficient (Wildman–Crippen LogP) is 5.75. The molecule has 3 heterocycles. The van der Waals surface area contributed by atoms with Crippen molar-refractivity contribution in [1.29, 1.82) is 0 Å². The van der Waals surface area contributed by atoms with Crippen molar-refractivity contribution in [2.45, 2.75) is 25.7 Å². The number of hydrogen-bond donors (Lipinski definition) is 1.